The fourth-order valence-electron chi connectivity index (χ4n) is 2.21. The molecule has 0 aliphatic heterocycles. The van der Waals surface area contributed by atoms with Crippen LogP contribution in [-0.2, 0) is 13.2 Å². The monoisotopic (exact) mass is 283 g/mol. The molecule has 0 spiro atoms. The Hall–Kier alpha value is -2.63. The van der Waals surface area contributed by atoms with Crippen molar-refractivity contribution in [1.29, 1.82) is 0 Å². The summed E-state index contributed by atoms with van der Waals surface area (Å²) in [6, 6.07) is 9.69. The average molecular weight is 283 g/mol. The summed E-state index contributed by atoms with van der Waals surface area (Å²) in [4.78, 5) is 0. The van der Waals surface area contributed by atoms with Crippen molar-refractivity contribution >= 4 is 0 Å². The van der Waals surface area contributed by atoms with Crippen molar-refractivity contribution < 1.29 is 4.74 Å². The highest BCUT2D eigenvalue weighted by atomic mass is 16.5. The van der Waals surface area contributed by atoms with Crippen molar-refractivity contribution in [2.24, 2.45) is 0 Å². The quantitative estimate of drug-likeness (QED) is 0.721. The van der Waals surface area contributed by atoms with Gasteiger partial charge in [0, 0.05) is 18.9 Å². The Labute approximate surface area is 123 Å². The molecule has 0 amide bonds. The first-order valence-corrected chi connectivity index (χ1v) is 6.89. The van der Waals surface area contributed by atoms with Gasteiger partial charge in [0.25, 0.3) is 0 Å². The van der Waals surface area contributed by atoms with Crippen LogP contribution in [0.2, 0.25) is 0 Å². The number of rotatable bonds is 5. The van der Waals surface area contributed by atoms with Crippen LogP contribution in [-0.4, -0.2) is 24.5 Å². The van der Waals surface area contributed by atoms with E-state index in [4.69, 9.17) is 4.74 Å². The minimum Gasteiger partial charge on any atom is -0.486 e. The predicted molar refractivity (Wildman–Crippen MR) is 78.3 cm³/mol. The van der Waals surface area contributed by atoms with Gasteiger partial charge in [-0.1, -0.05) is 0 Å². The molecule has 0 aliphatic rings. The highest BCUT2D eigenvalue weighted by Gasteiger charge is 2.07. The zero-order valence-electron chi connectivity index (χ0n) is 12.1. The van der Waals surface area contributed by atoms with E-state index >= 15 is 0 Å². The summed E-state index contributed by atoms with van der Waals surface area (Å²) in [5, 5.41) is 12.4. The topological polar surface area (TPSA) is 57.8 Å². The Bertz CT molecular complexity index is 700. The van der Waals surface area contributed by atoms with Crippen molar-refractivity contribution in [3.8, 4) is 11.4 Å². The molecular formula is C15H17N5O. The van der Waals surface area contributed by atoms with Gasteiger partial charge in [-0.2, -0.15) is 5.10 Å². The highest BCUT2D eigenvalue weighted by molar-refractivity contribution is 5.36. The van der Waals surface area contributed by atoms with Crippen LogP contribution in [0.1, 0.15) is 18.6 Å². The second-order valence-electron chi connectivity index (χ2n) is 4.64. The van der Waals surface area contributed by atoms with Gasteiger partial charge in [-0.25, -0.2) is 4.68 Å². The van der Waals surface area contributed by atoms with Crippen LogP contribution < -0.4 is 4.74 Å². The minimum atomic E-state index is 0.412. The molecule has 0 saturated carbocycles. The third-order valence-corrected chi connectivity index (χ3v) is 3.30. The number of hydrogen-bond acceptors (Lipinski definition) is 4. The summed E-state index contributed by atoms with van der Waals surface area (Å²) in [6.07, 6.45) is 3.66. The van der Waals surface area contributed by atoms with Crippen molar-refractivity contribution in [2.75, 3.05) is 0 Å². The number of ether oxygens (including phenoxy) is 1. The van der Waals surface area contributed by atoms with Gasteiger partial charge in [-0.3, -0.25) is 0 Å². The van der Waals surface area contributed by atoms with Crippen LogP contribution in [0.3, 0.4) is 0 Å². The van der Waals surface area contributed by atoms with Crippen LogP contribution in [0.4, 0.5) is 0 Å². The molecule has 2 aromatic heterocycles. The fraction of sp³-hybridized carbons (Fsp3) is 0.267. The summed E-state index contributed by atoms with van der Waals surface area (Å²) in [7, 11) is 0. The van der Waals surface area contributed by atoms with Crippen LogP contribution >= 0.6 is 0 Å². The van der Waals surface area contributed by atoms with Gasteiger partial charge in [0.05, 0.1) is 5.69 Å². The zero-order chi connectivity index (χ0) is 14.7. The fourth-order valence-corrected chi connectivity index (χ4v) is 2.21. The van der Waals surface area contributed by atoms with Crippen molar-refractivity contribution in [3.63, 3.8) is 0 Å². The normalized spacial score (nSPS) is 10.8. The lowest BCUT2D eigenvalue weighted by Gasteiger charge is -2.08. The van der Waals surface area contributed by atoms with E-state index in [-0.39, 0.29) is 0 Å². The van der Waals surface area contributed by atoms with Crippen LogP contribution in [0, 0.1) is 6.92 Å². The third-order valence-electron chi connectivity index (χ3n) is 3.30. The van der Waals surface area contributed by atoms with E-state index in [1.807, 2.05) is 48.0 Å². The summed E-state index contributed by atoms with van der Waals surface area (Å²) in [5.41, 5.74) is 1.000. The smallest absolute Gasteiger partial charge is 0.171 e. The Kier molecular flexibility index (Phi) is 3.68. The second-order valence-corrected chi connectivity index (χ2v) is 4.64. The molecule has 0 radical (unpaired) electrons. The standard InChI is InChI=1S/C15H17N5O/c1-3-19-12(2)17-18-15(19)11-21-14-7-5-13(6-8-14)20-10-4-9-16-20/h4-10H,3,11H2,1-2H3. The molecule has 1 aromatic carbocycles. The van der Waals surface area contributed by atoms with Crippen molar-refractivity contribution in [2.45, 2.75) is 27.0 Å². The van der Waals surface area contributed by atoms with E-state index in [1.54, 1.807) is 10.9 Å². The van der Waals surface area contributed by atoms with Gasteiger partial charge in [0.1, 0.15) is 18.2 Å². The molecule has 3 rings (SSSR count). The van der Waals surface area contributed by atoms with Gasteiger partial charge < -0.3 is 9.30 Å². The van der Waals surface area contributed by atoms with Gasteiger partial charge >= 0.3 is 0 Å². The summed E-state index contributed by atoms with van der Waals surface area (Å²) in [5.74, 6) is 2.55. The second kappa shape index (κ2) is 5.78. The van der Waals surface area contributed by atoms with Crippen molar-refractivity contribution in [1.82, 2.24) is 24.5 Å². The maximum atomic E-state index is 5.77. The minimum absolute atomic E-state index is 0.412. The number of nitrogens with zero attached hydrogens (tertiary/aromatic N) is 5. The van der Waals surface area contributed by atoms with Crippen LogP contribution in [0.25, 0.3) is 5.69 Å². The number of aromatic nitrogens is 5. The molecule has 0 saturated heterocycles. The predicted octanol–water partition coefficient (Wildman–Crippen LogP) is 2.37. The first kappa shape index (κ1) is 13.4. The van der Waals surface area contributed by atoms with E-state index < -0.39 is 0 Å². The van der Waals surface area contributed by atoms with Crippen molar-refractivity contribution in [3.05, 3.63) is 54.4 Å². The Morgan fingerprint density at radius 2 is 1.95 bits per heavy atom. The van der Waals surface area contributed by atoms with Gasteiger partial charge in [0.2, 0.25) is 0 Å². The number of aryl methyl sites for hydroxylation is 1. The average Bonchev–Trinajstić information content (AvgIpc) is 3.15. The molecule has 0 unspecified atom stereocenters. The lowest BCUT2D eigenvalue weighted by Crippen LogP contribution is -2.07. The molecule has 0 bridgehead atoms. The van der Waals surface area contributed by atoms with Gasteiger partial charge in [-0.05, 0) is 44.2 Å². The highest BCUT2D eigenvalue weighted by Crippen LogP contribution is 2.16. The van der Waals surface area contributed by atoms with E-state index in [9.17, 15) is 0 Å². The molecule has 2 heterocycles. The molecule has 21 heavy (non-hydrogen) atoms. The summed E-state index contributed by atoms with van der Waals surface area (Å²) < 4.78 is 9.61. The first-order valence-electron chi connectivity index (χ1n) is 6.89. The van der Waals surface area contributed by atoms with E-state index in [1.165, 1.54) is 0 Å². The largest absolute Gasteiger partial charge is 0.486 e. The molecule has 108 valence electrons. The number of hydrogen-bond donors (Lipinski definition) is 0. The van der Waals surface area contributed by atoms with Crippen LogP contribution in [0.15, 0.2) is 42.7 Å². The van der Waals surface area contributed by atoms with Gasteiger partial charge in [-0.15, -0.1) is 10.2 Å². The molecule has 0 aliphatic carbocycles. The molecule has 0 N–H and O–H groups in total. The Morgan fingerprint density at radius 1 is 1.14 bits per heavy atom. The molecule has 6 heteroatoms. The van der Waals surface area contributed by atoms with Crippen LogP contribution in [0.5, 0.6) is 5.75 Å². The molecular weight excluding hydrogens is 266 g/mol. The SMILES string of the molecule is CCn1c(C)nnc1COc1ccc(-n2cccn2)cc1. The molecule has 3 aromatic rings. The van der Waals surface area contributed by atoms with Gasteiger partial charge in [0.15, 0.2) is 5.82 Å². The van der Waals surface area contributed by atoms with E-state index in [0.29, 0.717) is 6.61 Å². The summed E-state index contributed by atoms with van der Waals surface area (Å²) >= 11 is 0. The lowest BCUT2D eigenvalue weighted by molar-refractivity contribution is 0.289. The lowest BCUT2D eigenvalue weighted by atomic mass is 10.3. The van der Waals surface area contributed by atoms with E-state index in [2.05, 4.69) is 22.2 Å². The molecule has 0 atom stereocenters. The molecule has 0 fully saturated rings. The number of benzene rings is 1. The Balaban J connectivity index is 1.68. The maximum Gasteiger partial charge on any atom is 0.171 e. The van der Waals surface area contributed by atoms with E-state index in [0.717, 1.165) is 29.6 Å². The zero-order valence-corrected chi connectivity index (χ0v) is 12.1. The first-order chi connectivity index (χ1) is 10.3. The molecule has 6 nitrogen and oxygen atoms in total. The maximum absolute atomic E-state index is 5.77. The Morgan fingerprint density at radius 3 is 2.62 bits per heavy atom. The summed E-state index contributed by atoms with van der Waals surface area (Å²) in [6.45, 7) is 5.27. The third kappa shape index (κ3) is 2.79.